The highest BCUT2D eigenvalue weighted by atomic mass is 32.2. The lowest BCUT2D eigenvalue weighted by Gasteiger charge is -2.37. The van der Waals surface area contributed by atoms with Crippen molar-refractivity contribution in [3.63, 3.8) is 0 Å². The molecule has 0 aromatic heterocycles. The van der Waals surface area contributed by atoms with E-state index in [0.717, 1.165) is 19.4 Å². The van der Waals surface area contributed by atoms with Crippen LogP contribution in [0.25, 0.3) is 0 Å². The second-order valence-electron chi connectivity index (χ2n) is 3.80. The molecule has 0 unspecified atom stereocenters. The lowest BCUT2D eigenvalue weighted by molar-refractivity contribution is 0.586. The van der Waals surface area contributed by atoms with Crippen LogP contribution >= 0.6 is 0 Å². The van der Waals surface area contributed by atoms with Gasteiger partial charge in [-0.3, -0.25) is 4.99 Å². The predicted octanol–water partition coefficient (Wildman–Crippen LogP) is 0.378. The maximum absolute atomic E-state index is 12.4. The van der Waals surface area contributed by atoms with Crippen molar-refractivity contribution in [1.29, 1.82) is 0 Å². The fourth-order valence-electron chi connectivity index (χ4n) is 1.97. The zero-order chi connectivity index (χ0) is 9.53. The Morgan fingerprint density at radius 3 is 3.00 bits per heavy atom. The third-order valence-electron chi connectivity index (χ3n) is 3.01. The van der Waals surface area contributed by atoms with Crippen LogP contribution in [-0.2, 0) is 9.73 Å². The summed E-state index contributed by atoms with van der Waals surface area (Å²) in [4.78, 5) is 4.19. The normalized spacial score (nSPS) is 44.5. The summed E-state index contributed by atoms with van der Waals surface area (Å²) in [6.45, 7) is 3.24. The van der Waals surface area contributed by atoms with Crippen LogP contribution in [0, 0.1) is 0 Å². The van der Waals surface area contributed by atoms with Crippen LogP contribution in [0.1, 0.15) is 19.8 Å². The first-order chi connectivity index (χ1) is 6.08. The highest BCUT2D eigenvalue weighted by molar-refractivity contribution is 7.95. The van der Waals surface area contributed by atoms with Crippen LogP contribution in [0.4, 0.5) is 0 Å². The number of hydrogen-bond acceptors (Lipinski definition) is 4. The molecule has 0 aromatic carbocycles. The molecule has 74 valence electrons. The Labute approximate surface area is 78.8 Å². The van der Waals surface area contributed by atoms with Crippen molar-refractivity contribution in [2.45, 2.75) is 24.5 Å². The summed E-state index contributed by atoms with van der Waals surface area (Å²) in [6.07, 6.45) is 1.84. The van der Waals surface area contributed by atoms with Gasteiger partial charge >= 0.3 is 0 Å². The molecule has 5 heteroatoms. The van der Waals surface area contributed by atoms with E-state index in [4.69, 9.17) is 5.73 Å². The number of fused-ring (bicyclic) bond motifs is 1. The molecule has 0 saturated carbocycles. The fraction of sp³-hybridized carbons (Fsp3) is 0.875. The molecule has 0 fully saturated rings. The molecule has 2 rings (SSSR count). The van der Waals surface area contributed by atoms with Gasteiger partial charge in [-0.25, -0.2) is 8.57 Å². The van der Waals surface area contributed by atoms with Crippen LogP contribution in [0.2, 0.25) is 0 Å². The average molecular weight is 201 g/mol. The van der Waals surface area contributed by atoms with Gasteiger partial charge in [0.1, 0.15) is 10.6 Å². The van der Waals surface area contributed by atoms with E-state index < -0.39 is 14.5 Å². The molecule has 0 aromatic rings. The molecule has 0 aliphatic carbocycles. The van der Waals surface area contributed by atoms with Crippen molar-refractivity contribution in [3.05, 3.63) is 0 Å². The summed E-state index contributed by atoms with van der Waals surface area (Å²) in [5, 5.41) is 0. The van der Waals surface area contributed by atoms with Crippen molar-refractivity contribution in [2.75, 3.05) is 18.8 Å². The second kappa shape index (κ2) is 2.70. The average Bonchev–Trinajstić information content (AvgIpc) is 2.09. The van der Waals surface area contributed by atoms with Gasteiger partial charge in [0.15, 0.2) is 0 Å². The molecule has 2 atom stereocenters. The van der Waals surface area contributed by atoms with Gasteiger partial charge in [-0.05, 0) is 19.8 Å². The Morgan fingerprint density at radius 1 is 1.54 bits per heavy atom. The van der Waals surface area contributed by atoms with E-state index >= 15 is 0 Å². The summed E-state index contributed by atoms with van der Waals surface area (Å²) in [5.41, 5.74) is 5.82. The molecule has 0 saturated heterocycles. The standard InChI is InChI=1S/C8H15N3OS/c1-8-3-2-4-11-13(8,12)6-5-10-7(8)9/h2-6H2,1H3,(H2,9,10)/t8-,13+/m1/s1. The number of rotatable bonds is 0. The van der Waals surface area contributed by atoms with Crippen molar-refractivity contribution in [3.8, 4) is 0 Å². The molecular formula is C8H15N3OS. The molecule has 0 spiro atoms. The predicted molar refractivity (Wildman–Crippen MR) is 54.4 cm³/mol. The Kier molecular flexibility index (Phi) is 1.87. The SMILES string of the molecule is C[C@]12CCCN=[S@]1(=O)CCN=C2N. The molecule has 2 N–H and O–H groups in total. The highest BCUT2D eigenvalue weighted by Gasteiger charge is 2.43. The number of nitrogens with zero attached hydrogens (tertiary/aromatic N) is 2. The summed E-state index contributed by atoms with van der Waals surface area (Å²) in [5.74, 6) is 1.14. The van der Waals surface area contributed by atoms with Crippen molar-refractivity contribution in [1.82, 2.24) is 0 Å². The lowest BCUT2D eigenvalue weighted by atomic mass is 10.0. The fourth-order valence-corrected chi connectivity index (χ4v) is 4.45. The lowest BCUT2D eigenvalue weighted by Crippen LogP contribution is -2.53. The van der Waals surface area contributed by atoms with Crippen molar-refractivity contribution >= 4 is 15.6 Å². The van der Waals surface area contributed by atoms with Crippen molar-refractivity contribution in [2.24, 2.45) is 15.1 Å². The summed E-state index contributed by atoms with van der Waals surface area (Å²) in [6, 6.07) is 0. The Morgan fingerprint density at radius 2 is 2.31 bits per heavy atom. The van der Waals surface area contributed by atoms with Crippen LogP contribution in [-0.4, -0.2) is 33.6 Å². The van der Waals surface area contributed by atoms with E-state index in [1.165, 1.54) is 0 Å². The quantitative estimate of drug-likeness (QED) is 0.615. The third-order valence-corrected chi connectivity index (χ3v) is 6.16. The van der Waals surface area contributed by atoms with Crippen molar-refractivity contribution < 1.29 is 4.21 Å². The summed E-state index contributed by atoms with van der Waals surface area (Å²) < 4.78 is 16.2. The summed E-state index contributed by atoms with van der Waals surface area (Å²) >= 11 is 0. The smallest absolute Gasteiger partial charge is 0.113 e. The minimum atomic E-state index is -2.11. The van der Waals surface area contributed by atoms with Gasteiger partial charge in [0.2, 0.25) is 0 Å². The zero-order valence-corrected chi connectivity index (χ0v) is 8.64. The molecular weight excluding hydrogens is 186 g/mol. The number of aliphatic imine (C=N–C) groups is 1. The topological polar surface area (TPSA) is 67.8 Å². The molecule has 0 radical (unpaired) electrons. The molecule has 0 amide bonds. The maximum Gasteiger partial charge on any atom is 0.113 e. The maximum atomic E-state index is 12.4. The van der Waals surface area contributed by atoms with E-state index in [2.05, 4.69) is 9.36 Å². The van der Waals surface area contributed by atoms with Crippen LogP contribution < -0.4 is 5.73 Å². The molecule has 2 aliphatic heterocycles. The van der Waals surface area contributed by atoms with E-state index in [9.17, 15) is 4.21 Å². The zero-order valence-electron chi connectivity index (χ0n) is 7.82. The molecule has 4 nitrogen and oxygen atoms in total. The number of hydrogen-bond donors (Lipinski definition) is 1. The molecule has 2 aliphatic rings. The van der Waals surface area contributed by atoms with Gasteiger partial charge in [-0.1, -0.05) is 0 Å². The Balaban J connectivity index is 2.59. The third kappa shape index (κ3) is 1.10. The van der Waals surface area contributed by atoms with Gasteiger partial charge in [0, 0.05) is 6.54 Å². The first kappa shape index (κ1) is 8.99. The van der Waals surface area contributed by atoms with E-state index in [0.29, 0.717) is 18.1 Å². The van der Waals surface area contributed by atoms with Gasteiger partial charge in [-0.2, -0.15) is 0 Å². The number of nitrogens with two attached hydrogens (primary N) is 1. The highest BCUT2D eigenvalue weighted by Crippen LogP contribution is 2.32. The largest absolute Gasteiger partial charge is 0.386 e. The minimum absolute atomic E-state index is 0.441. The van der Waals surface area contributed by atoms with Gasteiger partial charge in [0.25, 0.3) is 0 Å². The van der Waals surface area contributed by atoms with E-state index in [-0.39, 0.29) is 0 Å². The van der Waals surface area contributed by atoms with E-state index in [1.807, 2.05) is 6.92 Å². The van der Waals surface area contributed by atoms with Gasteiger partial charge < -0.3 is 5.73 Å². The first-order valence-corrected chi connectivity index (χ1v) is 6.27. The molecule has 0 bridgehead atoms. The minimum Gasteiger partial charge on any atom is -0.386 e. The Hall–Kier alpha value is -0.580. The monoisotopic (exact) mass is 201 g/mol. The number of amidine groups is 1. The summed E-state index contributed by atoms with van der Waals surface area (Å²) in [7, 11) is -2.11. The Bertz CT molecular complexity index is 368. The van der Waals surface area contributed by atoms with Crippen LogP contribution in [0.5, 0.6) is 0 Å². The first-order valence-electron chi connectivity index (χ1n) is 4.59. The van der Waals surface area contributed by atoms with Crippen LogP contribution in [0.15, 0.2) is 9.36 Å². The molecule has 13 heavy (non-hydrogen) atoms. The van der Waals surface area contributed by atoms with E-state index in [1.54, 1.807) is 0 Å². The molecule has 2 heterocycles. The van der Waals surface area contributed by atoms with Gasteiger partial charge in [0.05, 0.1) is 22.0 Å². The second-order valence-corrected chi connectivity index (χ2v) is 6.65. The van der Waals surface area contributed by atoms with Gasteiger partial charge in [-0.15, -0.1) is 0 Å². The van der Waals surface area contributed by atoms with Crippen LogP contribution in [0.3, 0.4) is 0 Å².